The Hall–Kier alpha value is -1.60. The summed E-state index contributed by atoms with van der Waals surface area (Å²) >= 11 is 0. The zero-order valence-corrected chi connectivity index (χ0v) is 11.8. The monoisotopic (exact) mass is 254 g/mol. The van der Waals surface area contributed by atoms with Crippen molar-refractivity contribution in [3.63, 3.8) is 0 Å². The summed E-state index contributed by atoms with van der Waals surface area (Å²) in [6.07, 6.45) is 2.52. The van der Waals surface area contributed by atoms with Gasteiger partial charge in [-0.15, -0.1) is 0 Å². The molecule has 1 nitrogen and oxygen atoms in total. The summed E-state index contributed by atoms with van der Waals surface area (Å²) in [5.74, 6) is 0. The molecule has 1 heteroatoms. The molecule has 1 atom stereocenters. The Morgan fingerprint density at radius 2 is 1.47 bits per heavy atom. The van der Waals surface area contributed by atoms with E-state index >= 15 is 0 Å². The van der Waals surface area contributed by atoms with Gasteiger partial charge < -0.3 is 5.11 Å². The lowest BCUT2D eigenvalue weighted by molar-refractivity contribution is 0.178. The fraction of sp³-hybridized carbons (Fsp3) is 0.333. The van der Waals surface area contributed by atoms with Crippen LogP contribution in [0.25, 0.3) is 0 Å². The first-order valence-corrected chi connectivity index (χ1v) is 7.01. The third kappa shape index (κ3) is 3.93. The van der Waals surface area contributed by atoms with Gasteiger partial charge in [0.1, 0.15) is 0 Å². The summed E-state index contributed by atoms with van der Waals surface area (Å²) in [6.45, 7) is 4.26. The van der Waals surface area contributed by atoms with Gasteiger partial charge in [-0.2, -0.15) is 0 Å². The van der Waals surface area contributed by atoms with Gasteiger partial charge in [0, 0.05) is 6.42 Å². The molecule has 1 unspecified atom stereocenters. The Bertz CT molecular complexity index is 496. The van der Waals surface area contributed by atoms with Crippen LogP contribution in [0.1, 0.15) is 41.7 Å². The van der Waals surface area contributed by atoms with Crippen molar-refractivity contribution < 1.29 is 5.11 Å². The van der Waals surface area contributed by atoms with E-state index < -0.39 is 6.10 Å². The number of hydrogen-bond acceptors (Lipinski definition) is 1. The second-order valence-corrected chi connectivity index (χ2v) is 5.20. The van der Waals surface area contributed by atoms with Crippen LogP contribution in [0.3, 0.4) is 0 Å². The minimum atomic E-state index is -0.418. The van der Waals surface area contributed by atoms with Crippen molar-refractivity contribution >= 4 is 0 Å². The molecule has 2 rings (SSSR count). The zero-order chi connectivity index (χ0) is 13.7. The summed E-state index contributed by atoms with van der Waals surface area (Å²) < 4.78 is 0. The van der Waals surface area contributed by atoms with Gasteiger partial charge in [-0.3, -0.25) is 0 Å². The van der Waals surface area contributed by atoms with Crippen LogP contribution >= 0.6 is 0 Å². The van der Waals surface area contributed by atoms with E-state index in [9.17, 15) is 5.11 Å². The highest BCUT2D eigenvalue weighted by atomic mass is 16.3. The molecule has 0 fully saturated rings. The molecule has 2 aromatic rings. The molecule has 0 amide bonds. The second kappa shape index (κ2) is 6.53. The van der Waals surface area contributed by atoms with E-state index in [0.717, 1.165) is 18.4 Å². The van der Waals surface area contributed by atoms with Crippen LogP contribution in [0.5, 0.6) is 0 Å². The maximum atomic E-state index is 10.3. The molecule has 0 bridgehead atoms. The summed E-state index contributed by atoms with van der Waals surface area (Å²) in [5.41, 5.74) is 4.77. The first-order chi connectivity index (χ1) is 9.19. The maximum absolute atomic E-state index is 10.3. The van der Waals surface area contributed by atoms with E-state index in [1.54, 1.807) is 0 Å². The van der Waals surface area contributed by atoms with Crippen LogP contribution in [0.4, 0.5) is 0 Å². The first kappa shape index (κ1) is 13.8. The van der Waals surface area contributed by atoms with Crippen molar-refractivity contribution in [3.8, 4) is 0 Å². The van der Waals surface area contributed by atoms with Gasteiger partial charge in [0.2, 0.25) is 0 Å². The number of hydrogen-bond donors (Lipinski definition) is 1. The molecule has 0 saturated heterocycles. The highest BCUT2D eigenvalue weighted by molar-refractivity contribution is 5.27. The van der Waals surface area contributed by atoms with Gasteiger partial charge in [0.05, 0.1) is 6.10 Å². The van der Waals surface area contributed by atoms with E-state index in [2.05, 4.69) is 50.2 Å². The molecule has 1 N–H and O–H groups in total. The minimum Gasteiger partial charge on any atom is -0.388 e. The number of aryl methyl sites for hydroxylation is 2. The molecular weight excluding hydrogens is 232 g/mol. The molecular formula is C18H22O. The van der Waals surface area contributed by atoms with E-state index in [-0.39, 0.29) is 0 Å². The van der Waals surface area contributed by atoms with Crippen molar-refractivity contribution in [2.45, 2.75) is 39.2 Å². The molecule has 100 valence electrons. The van der Waals surface area contributed by atoms with Gasteiger partial charge in [-0.05, 0) is 30.0 Å². The number of aliphatic hydroxyl groups is 1. The highest BCUT2D eigenvalue weighted by Gasteiger charge is 2.08. The average molecular weight is 254 g/mol. The fourth-order valence-electron chi connectivity index (χ4n) is 2.26. The molecule has 2 aromatic carbocycles. The molecule has 0 radical (unpaired) electrons. The predicted octanol–water partition coefficient (Wildman–Crippen LogP) is 4.22. The molecule has 0 aliphatic rings. The van der Waals surface area contributed by atoms with Crippen LogP contribution in [-0.4, -0.2) is 5.11 Å². The molecule has 19 heavy (non-hydrogen) atoms. The Morgan fingerprint density at radius 1 is 0.895 bits per heavy atom. The normalized spacial score (nSPS) is 12.4. The molecule has 0 spiro atoms. The van der Waals surface area contributed by atoms with Gasteiger partial charge in [-0.1, -0.05) is 67.4 Å². The van der Waals surface area contributed by atoms with E-state index in [1.165, 1.54) is 16.7 Å². The number of aliphatic hydroxyl groups excluding tert-OH is 1. The Balaban J connectivity index is 2.02. The topological polar surface area (TPSA) is 20.2 Å². The summed E-state index contributed by atoms with van der Waals surface area (Å²) in [5, 5.41) is 10.3. The molecule has 0 aliphatic heterocycles. The first-order valence-electron chi connectivity index (χ1n) is 7.01. The van der Waals surface area contributed by atoms with E-state index in [1.807, 2.05) is 12.1 Å². The second-order valence-electron chi connectivity index (χ2n) is 5.20. The van der Waals surface area contributed by atoms with Crippen molar-refractivity contribution in [2.75, 3.05) is 0 Å². The third-order valence-electron chi connectivity index (χ3n) is 3.45. The molecule has 0 saturated carbocycles. The summed E-state index contributed by atoms with van der Waals surface area (Å²) in [4.78, 5) is 0. The average Bonchev–Trinajstić information content (AvgIpc) is 2.42. The predicted molar refractivity (Wildman–Crippen MR) is 80.3 cm³/mol. The van der Waals surface area contributed by atoms with Crippen molar-refractivity contribution in [1.82, 2.24) is 0 Å². The SMILES string of the molecule is CCCc1ccc(C(O)Cc2ccc(C)cc2)cc1. The quantitative estimate of drug-likeness (QED) is 0.847. The van der Waals surface area contributed by atoms with Crippen molar-refractivity contribution in [3.05, 3.63) is 70.8 Å². The van der Waals surface area contributed by atoms with Gasteiger partial charge in [-0.25, -0.2) is 0 Å². The Morgan fingerprint density at radius 3 is 2.05 bits per heavy atom. The smallest absolute Gasteiger partial charge is 0.0830 e. The van der Waals surface area contributed by atoms with Crippen LogP contribution in [0, 0.1) is 6.92 Å². The van der Waals surface area contributed by atoms with Crippen LogP contribution in [0.15, 0.2) is 48.5 Å². The van der Waals surface area contributed by atoms with Crippen molar-refractivity contribution in [2.24, 2.45) is 0 Å². The molecule has 0 aliphatic carbocycles. The van der Waals surface area contributed by atoms with Gasteiger partial charge in [0.25, 0.3) is 0 Å². The van der Waals surface area contributed by atoms with Crippen LogP contribution in [0.2, 0.25) is 0 Å². The van der Waals surface area contributed by atoms with Gasteiger partial charge >= 0.3 is 0 Å². The lowest BCUT2D eigenvalue weighted by Gasteiger charge is -2.12. The standard InChI is InChI=1S/C18H22O/c1-3-4-15-9-11-17(12-10-15)18(19)13-16-7-5-14(2)6-8-16/h5-12,18-19H,3-4,13H2,1-2H3. The van der Waals surface area contributed by atoms with Gasteiger partial charge in [0.15, 0.2) is 0 Å². The summed E-state index contributed by atoms with van der Waals surface area (Å²) in [6, 6.07) is 16.7. The van der Waals surface area contributed by atoms with Crippen molar-refractivity contribution in [1.29, 1.82) is 0 Å². The number of rotatable bonds is 5. The maximum Gasteiger partial charge on any atom is 0.0830 e. The molecule has 0 aromatic heterocycles. The lowest BCUT2D eigenvalue weighted by atomic mass is 9.99. The molecule has 0 heterocycles. The third-order valence-corrected chi connectivity index (χ3v) is 3.45. The minimum absolute atomic E-state index is 0.418. The van der Waals surface area contributed by atoms with E-state index in [4.69, 9.17) is 0 Å². The Kier molecular flexibility index (Phi) is 4.75. The van der Waals surface area contributed by atoms with Crippen LogP contribution in [-0.2, 0) is 12.8 Å². The lowest BCUT2D eigenvalue weighted by Crippen LogP contribution is -2.02. The highest BCUT2D eigenvalue weighted by Crippen LogP contribution is 2.19. The fourth-order valence-corrected chi connectivity index (χ4v) is 2.26. The Labute approximate surface area is 115 Å². The largest absolute Gasteiger partial charge is 0.388 e. The zero-order valence-electron chi connectivity index (χ0n) is 11.8. The number of benzene rings is 2. The van der Waals surface area contributed by atoms with Crippen LogP contribution < -0.4 is 0 Å². The summed E-state index contributed by atoms with van der Waals surface area (Å²) in [7, 11) is 0. The van der Waals surface area contributed by atoms with E-state index in [0.29, 0.717) is 6.42 Å².